The molecular weight excluding hydrogens is 517 g/mol. The van der Waals surface area contributed by atoms with Gasteiger partial charge in [-0.3, -0.25) is 9.48 Å². The third kappa shape index (κ3) is 7.58. The summed E-state index contributed by atoms with van der Waals surface area (Å²) in [6.45, 7) is 2.27. The van der Waals surface area contributed by atoms with Crippen LogP contribution in [0, 0.1) is 18.3 Å². The lowest BCUT2D eigenvalue weighted by atomic mass is 10.2. The van der Waals surface area contributed by atoms with Gasteiger partial charge in [0.1, 0.15) is 24.5 Å². The summed E-state index contributed by atoms with van der Waals surface area (Å²) in [5.74, 6) is 0.846. The Morgan fingerprint density at radius 2 is 2.00 bits per heavy atom. The lowest BCUT2D eigenvalue weighted by Crippen LogP contribution is -2.24. The van der Waals surface area contributed by atoms with Gasteiger partial charge in [0.05, 0.1) is 37.7 Å². The van der Waals surface area contributed by atoms with Gasteiger partial charge in [0.25, 0.3) is 0 Å². The normalized spacial score (nSPS) is 10.7. The van der Waals surface area contributed by atoms with Gasteiger partial charge in [-0.1, -0.05) is 12.5 Å². The Kier molecular flexibility index (Phi) is 9.68. The molecule has 0 bridgehead atoms. The number of anilines is 3. The van der Waals surface area contributed by atoms with E-state index in [9.17, 15) is 9.18 Å². The number of nitrogens with zero attached hydrogens (tertiary/aromatic N) is 5. The Balaban J connectivity index is 1.40. The molecule has 40 heavy (non-hydrogen) atoms. The number of amides is 1. The van der Waals surface area contributed by atoms with Gasteiger partial charge in [0, 0.05) is 49.6 Å². The zero-order valence-corrected chi connectivity index (χ0v) is 22.3. The molecule has 2 heterocycles. The van der Waals surface area contributed by atoms with Crippen LogP contribution in [0.4, 0.5) is 21.6 Å². The van der Waals surface area contributed by atoms with Crippen LogP contribution in [-0.4, -0.2) is 71.1 Å². The van der Waals surface area contributed by atoms with Gasteiger partial charge >= 0.3 is 0 Å². The van der Waals surface area contributed by atoms with Crippen molar-refractivity contribution in [3.8, 4) is 24.0 Å². The van der Waals surface area contributed by atoms with E-state index in [1.54, 1.807) is 44.8 Å². The molecule has 0 saturated carbocycles. The van der Waals surface area contributed by atoms with E-state index in [1.165, 1.54) is 29.2 Å². The maximum absolute atomic E-state index is 13.4. The maximum Gasteiger partial charge on any atom is 0.246 e. The minimum absolute atomic E-state index is 0.0529. The molecule has 208 valence electrons. The molecule has 0 aliphatic carbocycles. The highest BCUT2D eigenvalue weighted by atomic mass is 19.1. The number of carbonyl (C=O) groups excluding carboxylic acids is 1. The predicted molar refractivity (Wildman–Crippen MR) is 149 cm³/mol. The van der Waals surface area contributed by atoms with Crippen LogP contribution in [-0.2, 0) is 16.1 Å². The number of ether oxygens (including phenoxy) is 3. The van der Waals surface area contributed by atoms with Crippen molar-refractivity contribution in [2.75, 3.05) is 51.2 Å². The molecule has 0 atom stereocenters. The quantitative estimate of drug-likeness (QED) is 0.139. The van der Waals surface area contributed by atoms with Crippen molar-refractivity contribution < 1.29 is 23.4 Å². The summed E-state index contributed by atoms with van der Waals surface area (Å²) in [5, 5.41) is 10.8. The number of hydrogen-bond donors (Lipinski definition) is 2. The Morgan fingerprint density at radius 1 is 1.12 bits per heavy atom. The Morgan fingerprint density at radius 3 is 2.77 bits per heavy atom. The van der Waals surface area contributed by atoms with Crippen LogP contribution in [0.25, 0.3) is 10.9 Å². The molecule has 0 spiro atoms. The van der Waals surface area contributed by atoms with Gasteiger partial charge in [-0.05, 0) is 30.7 Å². The Bertz CT molecular complexity index is 1490. The monoisotopic (exact) mass is 547 g/mol. The molecule has 12 heteroatoms. The van der Waals surface area contributed by atoms with Crippen molar-refractivity contribution in [2.24, 2.45) is 0 Å². The van der Waals surface area contributed by atoms with E-state index >= 15 is 0 Å². The molecule has 0 aliphatic heterocycles. The number of hydrogen-bond acceptors (Lipinski definition) is 9. The highest BCUT2D eigenvalue weighted by molar-refractivity contribution is 5.93. The van der Waals surface area contributed by atoms with E-state index in [0.717, 1.165) is 6.42 Å². The van der Waals surface area contributed by atoms with Crippen molar-refractivity contribution in [1.29, 1.82) is 0 Å². The van der Waals surface area contributed by atoms with E-state index in [-0.39, 0.29) is 12.5 Å². The number of methoxy groups -OCH3 is 2. The van der Waals surface area contributed by atoms with Gasteiger partial charge < -0.3 is 29.7 Å². The predicted octanol–water partition coefficient (Wildman–Crippen LogP) is 3.66. The fourth-order valence-corrected chi connectivity index (χ4v) is 3.88. The number of benzene rings is 2. The Hall–Kier alpha value is -4.89. The number of nitrogens with one attached hydrogen (secondary N) is 2. The summed E-state index contributed by atoms with van der Waals surface area (Å²) in [6, 6.07) is 11.9. The van der Waals surface area contributed by atoms with Gasteiger partial charge in [-0.15, -0.1) is 0 Å². The maximum atomic E-state index is 13.4. The molecule has 0 fully saturated rings. The Labute approximate surface area is 231 Å². The summed E-state index contributed by atoms with van der Waals surface area (Å²) in [6.07, 6.45) is 10.9. The largest absolute Gasteiger partial charge is 0.493 e. The van der Waals surface area contributed by atoms with Gasteiger partial charge in [0.15, 0.2) is 11.5 Å². The van der Waals surface area contributed by atoms with Crippen molar-refractivity contribution in [2.45, 2.75) is 13.0 Å². The fourth-order valence-electron chi connectivity index (χ4n) is 3.88. The molecular formula is C28H30FN7O4. The van der Waals surface area contributed by atoms with Crippen LogP contribution >= 0.6 is 0 Å². The molecule has 0 aliphatic rings. The first-order valence-corrected chi connectivity index (χ1v) is 12.5. The SMILES string of the molecule is C#CN(CCCOc1cc2ncnc(Nc3cnn(CC(=O)Nc4cccc(F)c4)c3)c2cc1OC)CCOC. The molecule has 0 saturated heterocycles. The summed E-state index contributed by atoms with van der Waals surface area (Å²) < 4.78 is 31.4. The van der Waals surface area contributed by atoms with Gasteiger partial charge in [0.2, 0.25) is 5.91 Å². The molecule has 0 unspecified atom stereocenters. The van der Waals surface area contributed by atoms with Crippen molar-refractivity contribution >= 4 is 34.0 Å². The average Bonchev–Trinajstić information content (AvgIpc) is 3.38. The summed E-state index contributed by atoms with van der Waals surface area (Å²) in [5.41, 5.74) is 1.64. The van der Waals surface area contributed by atoms with E-state index in [1.807, 2.05) is 4.90 Å². The minimum Gasteiger partial charge on any atom is -0.493 e. The second-order valence-electron chi connectivity index (χ2n) is 8.66. The second-order valence-corrected chi connectivity index (χ2v) is 8.66. The number of terminal acetylenes is 1. The zero-order valence-electron chi connectivity index (χ0n) is 22.3. The number of carbonyl (C=O) groups is 1. The van der Waals surface area contributed by atoms with Crippen LogP contribution in [0.3, 0.4) is 0 Å². The summed E-state index contributed by atoms with van der Waals surface area (Å²) in [7, 11) is 3.20. The average molecular weight is 548 g/mol. The van der Waals surface area contributed by atoms with E-state index < -0.39 is 5.82 Å². The third-order valence-electron chi connectivity index (χ3n) is 5.81. The molecule has 4 rings (SSSR count). The van der Waals surface area contributed by atoms with Gasteiger partial charge in [-0.2, -0.15) is 5.10 Å². The van der Waals surface area contributed by atoms with Crippen LogP contribution in [0.15, 0.2) is 55.1 Å². The number of rotatable bonds is 14. The van der Waals surface area contributed by atoms with Crippen LogP contribution in [0.2, 0.25) is 0 Å². The molecule has 11 nitrogen and oxygen atoms in total. The number of aromatic nitrogens is 4. The molecule has 4 aromatic rings. The summed E-state index contributed by atoms with van der Waals surface area (Å²) in [4.78, 5) is 22.9. The van der Waals surface area contributed by atoms with E-state index in [4.69, 9.17) is 20.6 Å². The van der Waals surface area contributed by atoms with E-state index in [0.29, 0.717) is 65.9 Å². The smallest absolute Gasteiger partial charge is 0.246 e. The minimum atomic E-state index is -0.430. The molecule has 0 radical (unpaired) electrons. The lowest BCUT2D eigenvalue weighted by Gasteiger charge is -2.17. The number of halogens is 1. The van der Waals surface area contributed by atoms with Crippen molar-refractivity contribution in [1.82, 2.24) is 24.6 Å². The van der Waals surface area contributed by atoms with Crippen molar-refractivity contribution in [3.05, 3.63) is 60.9 Å². The zero-order chi connectivity index (χ0) is 28.3. The van der Waals surface area contributed by atoms with Crippen LogP contribution in [0.5, 0.6) is 11.5 Å². The first kappa shape index (κ1) is 28.1. The van der Waals surface area contributed by atoms with Crippen LogP contribution < -0.4 is 20.1 Å². The molecule has 2 N–H and O–H groups in total. The van der Waals surface area contributed by atoms with Crippen molar-refractivity contribution in [3.63, 3.8) is 0 Å². The molecule has 2 aromatic carbocycles. The number of fused-ring (bicyclic) bond motifs is 1. The first-order valence-electron chi connectivity index (χ1n) is 12.5. The van der Waals surface area contributed by atoms with Crippen LogP contribution in [0.1, 0.15) is 6.42 Å². The molecule has 1 amide bonds. The van der Waals surface area contributed by atoms with Gasteiger partial charge in [-0.25, -0.2) is 14.4 Å². The summed E-state index contributed by atoms with van der Waals surface area (Å²) >= 11 is 0. The molecule has 2 aromatic heterocycles. The standard InChI is InChI=1S/C28H30FN7O4/c1-4-35(10-12-38-2)9-6-11-40-26-15-24-23(14-25(26)39-3)28(31-19-30-24)34-22-16-32-36(17-22)18-27(37)33-21-8-5-7-20(29)13-21/h1,5,7-8,13-17,19H,6,9-12,18H2,2-3H3,(H,33,37)(H,30,31,34). The highest BCUT2D eigenvalue weighted by Gasteiger charge is 2.13. The first-order chi connectivity index (χ1) is 19.5. The second kappa shape index (κ2) is 13.8. The lowest BCUT2D eigenvalue weighted by molar-refractivity contribution is -0.116. The third-order valence-corrected chi connectivity index (χ3v) is 5.81. The topological polar surface area (TPSA) is 116 Å². The fraction of sp³-hybridized carbons (Fsp3) is 0.286. The van der Waals surface area contributed by atoms with E-state index in [2.05, 4.69) is 31.7 Å². The highest BCUT2D eigenvalue weighted by Crippen LogP contribution is 2.34.